The second-order valence-corrected chi connectivity index (χ2v) is 13.5. The summed E-state index contributed by atoms with van der Waals surface area (Å²) in [6, 6.07) is 56.3. The van der Waals surface area contributed by atoms with Gasteiger partial charge in [-0.25, -0.2) is 0 Å². The van der Waals surface area contributed by atoms with Gasteiger partial charge in [0.15, 0.2) is 0 Å². The van der Waals surface area contributed by atoms with Crippen molar-refractivity contribution >= 4 is 82.5 Å². The van der Waals surface area contributed by atoms with Crippen molar-refractivity contribution < 1.29 is 0 Å². The SMILES string of the molecule is c1ccc(-n2c3cc4c(cc3c3c5c(ccc32)-c2ccccc2B2c3ccccc3-c3ccccc3N25)sc2ccccc24)cc1. The molecule has 9 aromatic rings. The monoisotopic (exact) mass is 600 g/mol. The van der Waals surface area contributed by atoms with Crippen LogP contribution in [-0.4, -0.2) is 11.4 Å². The lowest BCUT2D eigenvalue weighted by atomic mass is 9.43. The summed E-state index contributed by atoms with van der Waals surface area (Å²) in [6.07, 6.45) is 0. The highest BCUT2D eigenvalue weighted by Gasteiger charge is 2.43. The Morgan fingerprint density at radius 2 is 1.13 bits per heavy atom. The highest BCUT2D eigenvalue weighted by atomic mass is 32.1. The van der Waals surface area contributed by atoms with E-state index in [2.05, 4.69) is 161 Å². The van der Waals surface area contributed by atoms with Gasteiger partial charge in [-0.1, -0.05) is 109 Å². The third kappa shape index (κ3) is 3.12. The fourth-order valence-electron chi connectivity index (χ4n) is 8.34. The minimum absolute atomic E-state index is 0.0728. The molecule has 2 aromatic heterocycles. The topological polar surface area (TPSA) is 8.17 Å². The van der Waals surface area contributed by atoms with E-state index in [1.54, 1.807) is 0 Å². The molecule has 11 rings (SSSR count). The molecule has 0 saturated carbocycles. The summed E-state index contributed by atoms with van der Waals surface area (Å²) in [7, 11) is 0. The zero-order chi connectivity index (χ0) is 29.9. The number of para-hydroxylation sites is 2. The van der Waals surface area contributed by atoms with E-state index in [1.807, 2.05) is 11.3 Å². The number of benzene rings is 7. The van der Waals surface area contributed by atoms with Crippen LogP contribution in [0.1, 0.15) is 0 Å². The average molecular weight is 601 g/mol. The summed E-state index contributed by atoms with van der Waals surface area (Å²) in [5, 5.41) is 5.25. The highest BCUT2D eigenvalue weighted by Crippen LogP contribution is 2.52. The van der Waals surface area contributed by atoms with Gasteiger partial charge in [0.2, 0.25) is 0 Å². The molecular formula is C42H25BN2S. The first-order valence-corrected chi connectivity index (χ1v) is 16.7. The van der Waals surface area contributed by atoms with Crippen LogP contribution in [0.3, 0.4) is 0 Å². The molecule has 212 valence electrons. The molecule has 0 bridgehead atoms. The fourth-order valence-corrected chi connectivity index (χ4v) is 9.46. The molecule has 0 saturated heterocycles. The van der Waals surface area contributed by atoms with Gasteiger partial charge in [0.1, 0.15) is 0 Å². The predicted octanol–water partition coefficient (Wildman–Crippen LogP) is 10.1. The largest absolute Gasteiger partial charge is 0.375 e. The molecule has 4 heteroatoms. The molecular weight excluding hydrogens is 575 g/mol. The molecule has 0 atom stereocenters. The number of fused-ring (bicyclic) bond motifs is 18. The molecule has 2 aliphatic rings. The Hall–Kier alpha value is -5.58. The number of anilines is 2. The molecule has 46 heavy (non-hydrogen) atoms. The van der Waals surface area contributed by atoms with E-state index in [-0.39, 0.29) is 6.85 Å². The predicted molar refractivity (Wildman–Crippen MR) is 198 cm³/mol. The van der Waals surface area contributed by atoms with Crippen LogP contribution in [0.15, 0.2) is 152 Å². The Morgan fingerprint density at radius 1 is 0.457 bits per heavy atom. The van der Waals surface area contributed by atoms with Gasteiger partial charge < -0.3 is 9.38 Å². The number of hydrogen-bond donors (Lipinski definition) is 0. The van der Waals surface area contributed by atoms with Gasteiger partial charge in [-0.05, 0) is 64.5 Å². The Balaban J connectivity index is 1.36. The molecule has 0 fully saturated rings. The second kappa shape index (κ2) is 9.00. The number of hydrogen-bond acceptors (Lipinski definition) is 2. The first-order chi connectivity index (χ1) is 22.8. The Kier molecular flexibility index (Phi) is 4.83. The van der Waals surface area contributed by atoms with Crippen molar-refractivity contribution in [2.24, 2.45) is 0 Å². The first-order valence-electron chi connectivity index (χ1n) is 15.9. The van der Waals surface area contributed by atoms with E-state index in [1.165, 1.54) is 92.2 Å². The quantitative estimate of drug-likeness (QED) is 0.170. The average Bonchev–Trinajstić information content (AvgIpc) is 3.65. The number of thiophene rings is 1. The maximum Gasteiger partial charge on any atom is 0.329 e. The van der Waals surface area contributed by atoms with Crippen molar-refractivity contribution in [2.75, 3.05) is 4.81 Å². The summed E-state index contributed by atoms with van der Waals surface area (Å²) in [6.45, 7) is 0.0728. The van der Waals surface area contributed by atoms with Gasteiger partial charge in [-0.2, -0.15) is 0 Å². The molecule has 2 aliphatic heterocycles. The van der Waals surface area contributed by atoms with Gasteiger partial charge in [-0.3, -0.25) is 0 Å². The summed E-state index contributed by atoms with van der Waals surface area (Å²) in [4.78, 5) is 2.65. The van der Waals surface area contributed by atoms with Crippen molar-refractivity contribution in [3.8, 4) is 27.9 Å². The van der Waals surface area contributed by atoms with Crippen LogP contribution >= 0.6 is 11.3 Å². The van der Waals surface area contributed by atoms with Crippen molar-refractivity contribution in [3.05, 3.63) is 152 Å². The van der Waals surface area contributed by atoms with E-state index >= 15 is 0 Å². The van der Waals surface area contributed by atoms with E-state index in [4.69, 9.17) is 0 Å². The van der Waals surface area contributed by atoms with Crippen molar-refractivity contribution in [2.45, 2.75) is 0 Å². The number of rotatable bonds is 1. The van der Waals surface area contributed by atoms with Crippen LogP contribution in [0.5, 0.6) is 0 Å². The highest BCUT2D eigenvalue weighted by molar-refractivity contribution is 7.25. The molecule has 4 heterocycles. The molecule has 2 nitrogen and oxygen atoms in total. The third-order valence-corrected chi connectivity index (χ3v) is 11.3. The standard InChI is InChI=1S/C42H25BN2S/c1-2-12-26(13-3-1)44-37-23-22-31-28-15-5-9-19-35(28)43-34-18-8-4-14-27(34)29-16-6-10-20-36(29)45(43)42(31)41(37)33-25-40-32(24-38(33)44)30-17-7-11-21-39(30)46-40/h1-25H. The summed E-state index contributed by atoms with van der Waals surface area (Å²) in [5.41, 5.74) is 14.1. The fraction of sp³-hybridized carbons (Fsp3) is 0. The lowest BCUT2D eigenvalue weighted by Gasteiger charge is -2.43. The van der Waals surface area contributed by atoms with Crippen molar-refractivity contribution in [3.63, 3.8) is 0 Å². The zero-order valence-electron chi connectivity index (χ0n) is 24.8. The van der Waals surface area contributed by atoms with Crippen LogP contribution in [-0.2, 0) is 0 Å². The van der Waals surface area contributed by atoms with E-state index in [0.717, 1.165) is 0 Å². The number of aromatic nitrogens is 1. The minimum atomic E-state index is 0.0728. The zero-order valence-corrected chi connectivity index (χ0v) is 25.6. The van der Waals surface area contributed by atoms with Crippen molar-refractivity contribution in [1.82, 2.24) is 4.57 Å². The maximum atomic E-state index is 2.65. The molecule has 7 aromatic carbocycles. The van der Waals surface area contributed by atoms with Gasteiger partial charge in [0.05, 0.1) is 11.0 Å². The Labute approximate surface area is 270 Å². The second-order valence-electron chi connectivity index (χ2n) is 12.5. The molecule has 0 aliphatic carbocycles. The number of nitrogens with zero attached hydrogens (tertiary/aromatic N) is 2. The lowest BCUT2D eigenvalue weighted by molar-refractivity contribution is 1.18. The van der Waals surface area contributed by atoms with Crippen LogP contribution in [0, 0.1) is 0 Å². The molecule has 0 amide bonds. The Morgan fingerprint density at radius 3 is 1.96 bits per heavy atom. The molecule has 0 unspecified atom stereocenters. The Bertz CT molecular complexity index is 2720. The third-order valence-electron chi connectivity index (χ3n) is 10.2. The van der Waals surface area contributed by atoms with E-state index in [0.29, 0.717) is 0 Å². The maximum absolute atomic E-state index is 2.65. The van der Waals surface area contributed by atoms with Crippen LogP contribution in [0.2, 0.25) is 0 Å². The van der Waals surface area contributed by atoms with Crippen LogP contribution in [0.25, 0.3) is 69.9 Å². The smallest absolute Gasteiger partial charge is 0.329 e. The minimum Gasteiger partial charge on any atom is -0.375 e. The summed E-state index contributed by atoms with van der Waals surface area (Å²) in [5.74, 6) is 0. The van der Waals surface area contributed by atoms with Crippen molar-refractivity contribution in [1.29, 1.82) is 0 Å². The lowest BCUT2D eigenvalue weighted by Crippen LogP contribution is -2.59. The normalized spacial score (nSPS) is 13.1. The molecule has 0 radical (unpaired) electrons. The van der Waals surface area contributed by atoms with Gasteiger partial charge in [0, 0.05) is 59.1 Å². The summed E-state index contributed by atoms with van der Waals surface area (Å²) >= 11 is 1.90. The van der Waals surface area contributed by atoms with Gasteiger partial charge in [-0.15, -0.1) is 11.3 Å². The molecule has 0 N–H and O–H groups in total. The van der Waals surface area contributed by atoms with Gasteiger partial charge in [0.25, 0.3) is 0 Å². The summed E-state index contributed by atoms with van der Waals surface area (Å²) < 4.78 is 5.14. The molecule has 0 spiro atoms. The van der Waals surface area contributed by atoms with E-state index in [9.17, 15) is 0 Å². The first kappa shape index (κ1) is 24.7. The van der Waals surface area contributed by atoms with Crippen LogP contribution < -0.4 is 15.7 Å². The van der Waals surface area contributed by atoms with Crippen LogP contribution in [0.4, 0.5) is 11.4 Å². The van der Waals surface area contributed by atoms with Gasteiger partial charge >= 0.3 is 6.85 Å². The van der Waals surface area contributed by atoms with E-state index < -0.39 is 0 Å².